The van der Waals surface area contributed by atoms with Gasteiger partial charge in [0.2, 0.25) is 0 Å². The number of nitrogens with one attached hydrogen (secondary N) is 2. The molecular formula is C31H28N2O2. The Bertz CT molecular complexity index is 1440. The van der Waals surface area contributed by atoms with Crippen molar-refractivity contribution in [1.29, 1.82) is 0 Å². The van der Waals surface area contributed by atoms with Crippen molar-refractivity contribution in [2.24, 2.45) is 0 Å². The Hall–Kier alpha value is -4.02. The largest absolute Gasteiger partial charge is 0.493 e. The van der Waals surface area contributed by atoms with Gasteiger partial charge in [-0.25, -0.2) is 0 Å². The van der Waals surface area contributed by atoms with E-state index < -0.39 is 0 Å². The van der Waals surface area contributed by atoms with Crippen LogP contribution >= 0.6 is 0 Å². The summed E-state index contributed by atoms with van der Waals surface area (Å²) >= 11 is 0. The first-order valence-electron chi connectivity index (χ1n) is 12.1. The normalized spacial score (nSPS) is 17.2. The fourth-order valence-electron chi connectivity index (χ4n) is 5.20. The number of fused-ring (bicyclic) bond motifs is 3. The molecule has 6 rings (SSSR count). The Morgan fingerprint density at radius 2 is 1.51 bits per heavy atom. The van der Waals surface area contributed by atoms with Gasteiger partial charge in [0.25, 0.3) is 0 Å². The van der Waals surface area contributed by atoms with Gasteiger partial charge in [-0.15, -0.1) is 0 Å². The Morgan fingerprint density at radius 1 is 0.771 bits per heavy atom. The highest BCUT2D eigenvalue weighted by Crippen LogP contribution is 2.42. The predicted molar refractivity (Wildman–Crippen MR) is 140 cm³/mol. The summed E-state index contributed by atoms with van der Waals surface area (Å²) in [7, 11) is 1.68. The van der Waals surface area contributed by atoms with Gasteiger partial charge in [-0.05, 0) is 40.5 Å². The molecule has 0 fully saturated rings. The van der Waals surface area contributed by atoms with Crippen LogP contribution in [-0.2, 0) is 6.61 Å². The number of aromatic amines is 1. The zero-order chi connectivity index (χ0) is 23.6. The van der Waals surface area contributed by atoms with Crippen LogP contribution < -0.4 is 14.8 Å². The van der Waals surface area contributed by atoms with E-state index in [0.29, 0.717) is 6.61 Å². The van der Waals surface area contributed by atoms with Crippen molar-refractivity contribution in [3.8, 4) is 11.5 Å². The molecule has 0 unspecified atom stereocenters. The molecule has 0 aliphatic carbocycles. The number of H-pyrrole nitrogens is 1. The van der Waals surface area contributed by atoms with Crippen molar-refractivity contribution in [2.75, 3.05) is 13.7 Å². The highest BCUT2D eigenvalue weighted by atomic mass is 16.5. The molecule has 4 nitrogen and oxygen atoms in total. The Labute approximate surface area is 205 Å². The van der Waals surface area contributed by atoms with Crippen molar-refractivity contribution >= 4 is 10.9 Å². The summed E-state index contributed by atoms with van der Waals surface area (Å²) in [5.41, 5.74) is 7.35. The third-order valence-electron chi connectivity index (χ3n) is 6.90. The maximum Gasteiger partial charge on any atom is 0.162 e. The molecule has 1 aliphatic heterocycles. The fourth-order valence-corrected chi connectivity index (χ4v) is 5.20. The monoisotopic (exact) mass is 460 g/mol. The van der Waals surface area contributed by atoms with E-state index in [2.05, 4.69) is 89.2 Å². The van der Waals surface area contributed by atoms with E-state index in [1.54, 1.807) is 7.11 Å². The number of ether oxygens (including phenoxy) is 2. The lowest BCUT2D eigenvalue weighted by Crippen LogP contribution is -2.34. The van der Waals surface area contributed by atoms with Gasteiger partial charge in [0.15, 0.2) is 11.5 Å². The molecule has 4 aromatic carbocycles. The molecule has 2 heterocycles. The lowest BCUT2D eigenvalue weighted by molar-refractivity contribution is 0.284. The highest BCUT2D eigenvalue weighted by molar-refractivity contribution is 5.86. The topological polar surface area (TPSA) is 46.3 Å². The number of aromatic nitrogens is 1. The van der Waals surface area contributed by atoms with Gasteiger partial charge < -0.3 is 19.8 Å². The first-order chi connectivity index (χ1) is 17.3. The second kappa shape index (κ2) is 9.32. The van der Waals surface area contributed by atoms with Crippen LogP contribution in [0.25, 0.3) is 10.9 Å². The molecule has 2 atom stereocenters. The van der Waals surface area contributed by atoms with E-state index >= 15 is 0 Å². The zero-order valence-corrected chi connectivity index (χ0v) is 19.7. The van der Waals surface area contributed by atoms with Crippen LogP contribution in [0.3, 0.4) is 0 Å². The summed E-state index contributed by atoms with van der Waals surface area (Å²) < 4.78 is 11.8. The molecule has 174 valence electrons. The molecule has 0 saturated heterocycles. The van der Waals surface area contributed by atoms with E-state index in [-0.39, 0.29) is 12.0 Å². The van der Waals surface area contributed by atoms with Gasteiger partial charge in [-0.1, -0.05) is 84.9 Å². The molecule has 4 heteroatoms. The maximum atomic E-state index is 6.22. The van der Waals surface area contributed by atoms with Gasteiger partial charge in [0.05, 0.1) is 13.2 Å². The summed E-state index contributed by atoms with van der Waals surface area (Å²) in [4.78, 5) is 3.74. The lowest BCUT2D eigenvalue weighted by Gasteiger charge is -2.31. The molecule has 1 aromatic heterocycles. The van der Waals surface area contributed by atoms with Crippen LogP contribution in [0.4, 0.5) is 0 Å². The summed E-state index contributed by atoms with van der Waals surface area (Å²) in [6.45, 7) is 1.35. The molecule has 0 spiro atoms. The minimum Gasteiger partial charge on any atom is -0.493 e. The van der Waals surface area contributed by atoms with Gasteiger partial charge >= 0.3 is 0 Å². The van der Waals surface area contributed by atoms with Crippen molar-refractivity contribution in [3.63, 3.8) is 0 Å². The van der Waals surface area contributed by atoms with Crippen LogP contribution in [0.5, 0.6) is 11.5 Å². The van der Waals surface area contributed by atoms with Gasteiger partial charge in [-0.2, -0.15) is 0 Å². The standard InChI is InChI=1S/C31H28N2O2/c1-34-27-17-16-23(18-28(27)35-20-21-10-4-2-5-11-21)30-31-29(24-14-8-9-15-26(24)33-31)25(19-32-30)22-12-6-3-7-13-22/h2-18,25,30,32-33H,19-20H2,1H3/t25-,30-/m0/s1. The van der Waals surface area contributed by atoms with Crippen molar-refractivity contribution in [1.82, 2.24) is 10.3 Å². The summed E-state index contributed by atoms with van der Waals surface area (Å²) in [5, 5.41) is 5.10. The van der Waals surface area contributed by atoms with E-state index in [9.17, 15) is 0 Å². The molecule has 5 aromatic rings. The van der Waals surface area contributed by atoms with Crippen molar-refractivity contribution < 1.29 is 9.47 Å². The number of hydrogen-bond donors (Lipinski definition) is 2. The average Bonchev–Trinajstić information content (AvgIpc) is 3.32. The van der Waals surface area contributed by atoms with Crippen LogP contribution in [0, 0.1) is 0 Å². The molecule has 35 heavy (non-hydrogen) atoms. The smallest absolute Gasteiger partial charge is 0.162 e. The van der Waals surface area contributed by atoms with Gasteiger partial charge in [0.1, 0.15) is 6.61 Å². The SMILES string of the molecule is COc1ccc([C@@H]2NC[C@@H](c3ccccc3)c3c2[nH]c2ccccc32)cc1OCc1ccccc1. The van der Waals surface area contributed by atoms with Gasteiger partial charge in [0, 0.05) is 29.1 Å². The first-order valence-corrected chi connectivity index (χ1v) is 12.1. The quantitative estimate of drug-likeness (QED) is 0.301. The Morgan fingerprint density at radius 3 is 2.31 bits per heavy atom. The second-order valence-corrected chi connectivity index (χ2v) is 8.99. The van der Waals surface area contributed by atoms with Gasteiger partial charge in [-0.3, -0.25) is 0 Å². The van der Waals surface area contributed by atoms with E-state index in [1.165, 1.54) is 27.7 Å². The molecule has 2 N–H and O–H groups in total. The minimum atomic E-state index is 0.0299. The molecular weight excluding hydrogens is 432 g/mol. The predicted octanol–water partition coefficient (Wildman–Crippen LogP) is 6.58. The molecule has 0 saturated carbocycles. The third kappa shape index (κ3) is 4.07. The zero-order valence-electron chi connectivity index (χ0n) is 19.7. The third-order valence-corrected chi connectivity index (χ3v) is 6.90. The molecule has 0 amide bonds. The van der Waals surface area contributed by atoms with Crippen LogP contribution in [0.2, 0.25) is 0 Å². The van der Waals surface area contributed by atoms with Crippen molar-refractivity contribution in [2.45, 2.75) is 18.6 Å². The first kappa shape index (κ1) is 21.5. The minimum absolute atomic E-state index is 0.0299. The molecule has 1 aliphatic rings. The number of methoxy groups -OCH3 is 1. The van der Waals surface area contributed by atoms with E-state index in [0.717, 1.165) is 29.2 Å². The molecule has 0 bridgehead atoms. The number of hydrogen-bond acceptors (Lipinski definition) is 3. The maximum absolute atomic E-state index is 6.22. The number of rotatable bonds is 6. The van der Waals surface area contributed by atoms with E-state index in [1.807, 2.05) is 24.3 Å². The van der Waals surface area contributed by atoms with Crippen LogP contribution in [0.15, 0.2) is 103 Å². The summed E-state index contributed by atoms with van der Waals surface area (Å²) in [6, 6.07) is 35.8. The second-order valence-electron chi connectivity index (χ2n) is 8.99. The fraction of sp³-hybridized carbons (Fsp3) is 0.161. The molecule has 0 radical (unpaired) electrons. The average molecular weight is 461 g/mol. The number of benzene rings is 4. The summed E-state index contributed by atoms with van der Waals surface area (Å²) in [6.07, 6.45) is 0. The lowest BCUT2D eigenvalue weighted by atomic mass is 9.83. The Kier molecular flexibility index (Phi) is 5.73. The highest BCUT2D eigenvalue weighted by Gasteiger charge is 2.32. The van der Waals surface area contributed by atoms with Crippen molar-refractivity contribution in [3.05, 3.63) is 131 Å². The summed E-state index contributed by atoms with van der Waals surface area (Å²) in [5.74, 6) is 1.77. The Balaban J connectivity index is 1.40. The van der Waals surface area contributed by atoms with Crippen LogP contribution in [0.1, 0.15) is 39.9 Å². The van der Waals surface area contributed by atoms with Crippen LogP contribution in [-0.4, -0.2) is 18.6 Å². The number of para-hydroxylation sites is 1. The van der Waals surface area contributed by atoms with E-state index in [4.69, 9.17) is 9.47 Å².